The monoisotopic (exact) mass is 416 g/mol. The average Bonchev–Trinajstić information content (AvgIpc) is 1.98. The minimum absolute atomic E-state index is 0.761. The summed E-state index contributed by atoms with van der Waals surface area (Å²) in [5, 5.41) is 1.89. The zero-order valence-corrected chi connectivity index (χ0v) is 17.3. The summed E-state index contributed by atoms with van der Waals surface area (Å²) >= 11 is -2.97. The van der Waals surface area contributed by atoms with E-state index in [1.165, 1.54) is 12.8 Å². The Balaban J connectivity index is 3.57. The average molecular weight is 416 g/mol. The Morgan fingerprint density at radius 2 is 1.19 bits per heavy atom. The van der Waals surface area contributed by atoms with Crippen molar-refractivity contribution in [3.05, 3.63) is 0 Å². The van der Waals surface area contributed by atoms with Gasteiger partial charge in [-0.05, 0) is 0 Å². The fraction of sp³-hybridized carbons (Fsp3) is 1.00. The summed E-state index contributed by atoms with van der Waals surface area (Å²) in [4.78, 5) is 0. The summed E-state index contributed by atoms with van der Waals surface area (Å²) in [5.41, 5.74) is 7.73. The predicted octanol–water partition coefficient (Wildman–Crippen LogP) is 3.24. The third-order valence-electron chi connectivity index (χ3n) is 2.54. The summed E-state index contributed by atoms with van der Waals surface area (Å²) in [5.74, 6) is 0. The molecule has 2 nitrogen and oxygen atoms in total. The third-order valence-corrected chi connectivity index (χ3v) is 9.79. The van der Waals surface area contributed by atoms with E-state index in [1.807, 2.05) is 22.8 Å². The molecule has 16 heavy (non-hydrogen) atoms. The Morgan fingerprint density at radius 3 is 1.44 bits per heavy atom. The molecule has 0 spiro atoms. The van der Waals surface area contributed by atoms with Gasteiger partial charge in [0.15, 0.2) is 0 Å². The van der Waals surface area contributed by atoms with Gasteiger partial charge in [-0.3, -0.25) is 0 Å². The van der Waals surface area contributed by atoms with E-state index in [0.29, 0.717) is 0 Å². The summed E-state index contributed by atoms with van der Waals surface area (Å²) in [6.07, 6.45) is 4.65. The van der Waals surface area contributed by atoms with Crippen LogP contribution < -0.4 is 0 Å². The van der Waals surface area contributed by atoms with Gasteiger partial charge in [-0.1, -0.05) is 0 Å². The van der Waals surface area contributed by atoms with E-state index < -0.39 is 27.0 Å². The fourth-order valence-electron chi connectivity index (χ4n) is 1.61. The minimum atomic E-state index is -2.38. The molecule has 0 aromatic heterocycles. The number of hydrogen-bond donors (Lipinski definition) is 0. The van der Waals surface area contributed by atoms with Crippen molar-refractivity contribution in [2.75, 3.05) is 0 Å². The van der Waals surface area contributed by atoms with Crippen molar-refractivity contribution >= 4 is 43.8 Å². The maximum absolute atomic E-state index is 11.6. The molecule has 0 aliphatic heterocycles. The van der Waals surface area contributed by atoms with Crippen molar-refractivity contribution < 1.29 is 7.48 Å². The molecule has 0 N–H and O–H groups in total. The Hall–Kier alpha value is 1.28. The first-order chi connectivity index (χ1) is 7.10. The third kappa shape index (κ3) is 13.3. The summed E-state index contributed by atoms with van der Waals surface area (Å²) in [7, 11) is 0. The van der Waals surface area contributed by atoms with Crippen LogP contribution in [0.2, 0.25) is 38.0 Å². The molecule has 1 unspecified atom stereocenters. The molecule has 0 aromatic carbocycles. The second kappa shape index (κ2) is 7.65. The van der Waals surface area contributed by atoms with Crippen LogP contribution in [0, 0.1) is 0 Å². The molecular formula is C11H27As3O2. The standard InChI is InChI=1S/C11H27As3O2/c1-13(2,15)9-5-7-11(12)8-6-10-14(3,4)16/h11H,5-10,12H2,1-4H3. The van der Waals surface area contributed by atoms with Gasteiger partial charge in [-0.2, -0.15) is 0 Å². The topological polar surface area (TPSA) is 34.1 Å². The predicted molar refractivity (Wildman–Crippen MR) is 76.7 cm³/mol. The second-order valence-electron chi connectivity index (χ2n) is 5.64. The SMILES string of the molecule is C[As](C)(=O)CCCC([AsH2])CCC[As](C)(C)=O. The molecule has 0 radical (unpaired) electrons. The van der Waals surface area contributed by atoms with Crippen molar-refractivity contribution in [1.82, 2.24) is 0 Å². The zero-order valence-electron chi connectivity index (χ0n) is 11.1. The van der Waals surface area contributed by atoms with E-state index >= 15 is 0 Å². The molecule has 0 bridgehead atoms. The molecule has 0 saturated carbocycles. The van der Waals surface area contributed by atoms with E-state index in [9.17, 15) is 7.48 Å². The second-order valence-corrected chi connectivity index (χ2v) is 22.7. The molecule has 0 aliphatic carbocycles. The molecular weight excluding hydrogens is 389 g/mol. The molecule has 0 heterocycles. The van der Waals surface area contributed by atoms with Crippen LogP contribution in [0.4, 0.5) is 0 Å². The van der Waals surface area contributed by atoms with Gasteiger partial charge in [0.05, 0.1) is 0 Å². The van der Waals surface area contributed by atoms with Crippen LogP contribution in [0.15, 0.2) is 0 Å². The van der Waals surface area contributed by atoms with E-state index in [2.05, 4.69) is 0 Å². The van der Waals surface area contributed by atoms with Gasteiger partial charge < -0.3 is 0 Å². The van der Waals surface area contributed by atoms with Gasteiger partial charge in [-0.15, -0.1) is 0 Å². The quantitative estimate of drug-likeness (QED) is 0.570. The summed E-state index contributed by atoms with van der Waals surface area (Å²) in [6.45, 7) is 0. The van der Waals surface area contributed by atoms with Crippen LogP contribution in [0.3, 0.4) is 0 Å². The first-order valence-electron chi connectivity index (χ1n) is 5.94. The van der Waals surface area contributed by atoms with E-state index in [-0.39, 0.29) is 0 Å². The van der Waals surface area contributed by atoms with Crippen molar-refractivity contribution in [1.29, 1.82) is 0 Å². The van der Waals surface area contributed by atoms with Gasteiger partial charge >= 0.3 is 115 Å². The van der Waals surface area contributed by atoms with Gasteiger partial charge in [-0.25, -0.2) is 0 Å². The Labute approximate surface area is 114 Å². The first-order valence-corrected chi connectivity index (χ1v) is 19.0. The molecule has 98 valence electrons. The van der Waals surface area contributed by atoms with Crippen LogP contribution in [0.25, 0.3) is 0 Å². The Kier molecular flexibility index (Phi) is 8.26. The summed E-state index contributed by atoms with van der Waals surface area (Å²) in [6, 6.07) is 0. The first kappa shape index (κ1) is 17.3. The van der Waals surface area contributed by atoms with Crippen LogP contribution in [-0.4, -0.2) is 43.8 Å². The van der Waals surface area contributed by atoms with E-state index in [0.717, 1.165) is 28.0 Å². The van der Waals surface area contributed by atoms with E-state index in [1.54, 1.807) is 16.9 Å². The van der Waals surface area contributed by atoms with Crippen molar-refractivity contribution in [3.63, 3.8) is 0 Å². The van der Waals surface area contributed by atoms with Crippen LogP contribution in [-0.2, 0) is 7.48 Å². The van der Waals surface area contributed by atoms with Gasteiger partial charge in [0, 0.05) is 0 Å². The molecule has 0 aromatic rings. The Morgan fingerprint density at radius 1 is 0.875 bits per heavy atom. The van der Waals surface area contributed by atoms with Crippen molar-refractivity contribution in [2.45, 2.75) is 63.7 Å². The summed E-state index contributed by atoms with van der Waals surface area (Å²) < 4.78 is 23.9. The van der Waals surface area contributed by atoms with E-state index in [4.69, 9.17) is 0 Å². The van der Waals surface area contributed by atoms with Gasteiger partial charge in [0.2, 0.25) is 0 Å². The Bertz CT molecular complexity index is 249. The molecule has 1 atom stereocenters. The fourth-order valence-corrected chi connectivity index (χ4v) is 6.56. The molecule has 0 fully saturated rings. The van der Waals surface area contributed by atoms with Crippen LogP contribution >= 0.6 is 0 Å². The molecule has 0 rings (SSSR count). The molecule has 0 amide bonds. The number of hydrogen-bond acceptors (Lipinski definition) is 2. The van der Waals surface area contributed by atoms with Crippen molar-refractivity contribution in [2.24, 2.45) is 0 Å². The maximum atomic E-state index is 11.6. The van der Waals surface area contributed by atoms with Gasteiger partial charge in [0.25, 0.3) is 0 Å². The zero-order chi connectivity index (χ0) is 12.8. The van der Waals surface area contributed by atoms with Crippen LogP contribution in [0.1, 0.15) is 25.7 Å². The van der Waals surface area contributed by atoms with Gasteiger partial charge in [0.1, 0.15) is 0 Å². The van der Waals surface area contributed by atoms with Crippen molar-refractivity contribution in [3.8, 4) is 0 Å². The molecule has 5 heteroatoms. The number of rotatable bonds is 8. The molecule has 0 aliphatic rings. The normalized spacial score (nSPS) is 13.4. The van der Waals surface area contributed by atoms with Crippen LogP contribution in [0.5, 0.6) is 0 Å². The molecule has 0 saturated heterocycles.